The number of aromatic nitrogens is 4. The van der Waals surface area contributed by atoms with Crippen LogP contribution < -0.4 is 4.90 Å². The molecule has 0 aliphatic carbocycles. The molecule has 6 nitrogen and oxygen atoms in total. The van der Waals surface area contributed by atoms with Crippen LogP contribution in [0.3, 0.4) is 0 Å². The van der Waals surface area contributed by atoms with Gasteiger partial charge in [0.1, 0.15) is 0 Å². The maximum Gasteiger partial charge on any atom is 0.333 e. The molecular weight excluding hydrogens is 398 g/mol. The summed E-state index contributed by atoms with van der Waals surface area (Å²) in [6, 6.07) is 14.2. The van der Waals surface area contributed by atoms with Gasteiger partial charge >= 0.3 is 6.55 Å². The summed E-state index contributed by atoms with van der Waals surface area (Å²) in [7, 11) is 0. The van der Waals surface area contributed by atoms with Gasteiger partial charge in [-0.3, -0.25) is 0 Å². The normalized spacial score (nSPS) is 15.0. The van der Waals surface area contributed by atoms with Gasteiger partial charge in [-0.2, -0.15) is 24.2 Å². The number of pyridine rings is 1. The number of hydrogen-bond acceptors (Lipinski definition) is 4. The zero-order valence-corrected chi connectivity index (χ0v) is 16.7. The van der Waals surface area contributed by atoms with Gasteiger partial charge in [0.25, 0.3) is 0 Å². The first-order chi connectivity index (χ1) is 15.1. The standard InChI is InChI=1S/C23H20F2N6/c24-23(25)31-15-19(13-27-31)17-3-5-18(6-4-17)20-14-28-30-9-1-2-21(22(20)30)29-10-7-16(12-26)8-11-29/h1-6,9,13-16,23H,7-8,10-11H2. The summed E-state index contributed by atoms with van der Waals surface area (Å²) >= 11 is 0. The molecule has 0 radical (unpaired) electrons. The van der Waals surface area contributed by atoms with Crippen LogP contribution in [-0.4, -0.2) is 32.5 Å². The van der Waals surface area contributed by atoms with E-state index in [1.54, 1.807) is 0 Å². The fourth-order valence-corrected chi connectivity index (χ4v) is 4.18. The number of halogens is 2. The van der Waals surface area contributed by atoms with Crippen LogP contribution in [0, 0.1) is 17.2 Å². The molecule has 0 N–H and O–H groups in total. The van der Waals surface area contributed by atoms with Crippen molar-refractivity contribution in [3.05, 3.63) is 61.2 Å². The summed E-state index contributed by atoms with van der Waals surface area (Å²) in [6.45, 7) is -0.964. The first-order valence-electron chi connectivity index (χ1n) is 10.2. The van der Waals surface area contributed by atoms with Crippen LogP contribution in [0.25, 0.3) is 27.8 Å². The Bertz CT molecular complexity index is 1240. The summed E-state index contributed by atoms with van der Waals surface area (Å²) in [5, 5.41) is 17.4. The molecule has 0 unspecified atom stereocenters. The highest BCUT2D eigenvalue weighted by Gasteiger charge is 2.22. The largest absolute Gasteiger partial charge is 0.370 e. The van der Waals surface area contributed by atoms with Gasteiger partial charge in [0.05, 0.1) is 29.7 Å². The van der Waals surface area contributed by atoms with Gasteiger partial charge in [0.2, 0.25) is 0 Å². The molecule has 0 atom stereocenters. The second-order valence-electron chi connectivity index (χ2n) is 7.70. The molecule has 1 aliphatic heterocycles. The third-order valence-electron chi connectivity index (χ3n) is 5.87. The Hall–Kier alpha value is -3.73. The molecule has 4 aromatic rings. The average Bonchev–Trinajstić information content (AvgIpc) is 3.47. The molecule has 31 heavy (non-hydrogen) atoms. The Morgan fingerprint density at radius 1 is 0.968 bits per heavy atom. The summed E-state index contributed by atoms with van der Waals surface area (Å²) in [6.07, 6.45) is 8.30. The van der Waals surface area contributed by atoms with Crippen LogP contribution in [-0.2, 0) is 0 Å². The minimum Gasteiger partial charge on any atom is -0.370 e. The van der Waals surface area contributed by atoms with Gasteiger partial charge in [-0.25, -0.2) is 9.20 Å². The fraction of sp³-hybridized carbons (Fsp3) is 0.261. The van der Waals surface area contributed by atoms with Crippen molar-refractivity contribution in [3.63, 3.8) is 0 Å². The smallest absolute Gasteiger partial charge is 0.333 e. The van der Waals surface area contributed by atoms with E-state index in [1.807, 2.05) is 47.2 Å². The molecule has 156 valence electrons. The molecular formula is C23H20F2N6. The van der Waals surface area contributed by atoms with Gasteiger partial charge in [-0.1, -0.05) is 24.3 Å². The fourth-order valence-electron chi connectivity index (χ4n) is 4.18. The number of nitriles is 1. The molecule has 8 heteroatoms. The highest BCUT2D eigenvalue weighted by molar-refractivity contribution is 5.90. The molecule has 1 aromatic carbocycles. The van der Waals surface area contributed by atoms with Crippen molar-refractivity contribution < 1.29 is 8.78 Å². The van der Waals surface area contributed by atoms with Gasteiger partial charge in [0.15, 0.2) is 0 Å². The highest BCUT2D eigenvalue weighted by atomic mass is 19.3. The van der Waals surface area contributed by atoms with E-state index in [-0.39, 0.29) is 5.92 Å². The molecule has 1 saturated heterocycles. The SMILES string of the molecule is N#CC1CCN(c2cccn3ncc(-c4ccc(-c5cnn(C(F)F)c5)cc4)c23)CC1. The van der Waals surface area contributed by atoms with Crippen LogP contribution in [0.5, 0.6) is 0 Å². The lowest BCUT2D eigenvalue weighted by Gasteiger charge is -2.31. The van der Waals surface area contributed by atoms with Crippen LogP contribution in [0.2, 0.25) is 0 Å². The molecule has 0 saturated carbocycles. The van der Waals surface area contributed by atoms with Crippen molar-refractivity contribution >= 4 is 11.2 Å². The quantitative estimate of drug-likeness (QED) is 0.468. The first-order valence-corrected chi connectivity index (χ1v) is 10.2. The Labute approximate surface area is 177 Å². The van der Waals surface area contributed by atoms with Gasteiger partial charge < -0.3 is 4.90 Å². The predicted octanol–water partition coefficient (Wildman–Crippen LogP) is 5.00. The van der Waals surface area contributed by atoms with Crippen molar-refractivity contribution in [2.75, 3.05) is 18.0 Å². The van der Waals surface area contributed by atoms with Crippen molar-refractivity contribution in [2.45, 2.75) is 19.4 Å². The first kappa shape index (κ1) is 19.2. The number of fused-ring (bicyclic) bond motifs is 1. The van der Waals surface area contributed by atoms with Gasteiger partial charge in [0, 0.05) is 42.5 Å². The highest BCUT2D eigenvalue weighted by Crippen LogP contribution is 2.34. The molecule has 5 rings (SSSR count). The van der Waals surface area contributed by atoms with E-state index in [2.05, 4.69) is 27.2 Å². The van der Waals surface area contributed by atoms with E-state index in [1.165, 1.54) is 12.4 Å². The van der Waals surface area contributed by atoms with E-state index >= 15 is 0 Å². The molecule has 0 amide bonds. The Balaban J connectivity index is 1.48. The lowest BCUT2D eigenvalue weighted by Crippen LogP contribution is -2.33. The van der Waals surface area contributed by atoms with Crippen molar-refractivity contribution in [3.8, 4) is 28.3 Å². The molecule has 3 aromatic heterocycles. The van der Waals surface area contributed by atoms with E-state index < -0.39 is 6.55 Å². The number of nitrogens with zero attached hydrogens (tertiary/aromatic N) is 6. The van der Waals surface area contributed by atoms with Crippen LogP contribution in [0.4, 0.5) is 14.5 Å². The second kappa shape index (κ2) is 7.84. The minimum absolute atomic E-state index is 0.127. The Kier molecular flexibility index (Phi) is 4.86. The van der Waals surface area contributed by atoms with Crippen LogP contribution >= 0.6 is 0 Å². The van der Waals surface area contributed by atoms with E-state index in [9.17, 15) is 14.0 Å². The topological polar surface area (TPSA) is 62.1 Å². The predicted molar refractivity (Wildman–Crippen MR) is 114 cm³/mol. The summed E-state index contributed by atoms with van der Waals surface area (Å²) in [5.41, 5.74) is 5.61. The summed E-state index contributed by atoms with van der Waals surface area (Å²) in [4.78, 5) is 2.32. The lowest BCUT2D eigenvalue weighted by atomic mass is 9.97. The molecule has 0 bridgehead atoms. The monoisotopic (exact) mass is 418 g/mol. The summed E-state index contributed by atoms with van der Waals surface area (Å²) in [5.74, 6) is 0.127. The van der Waals surface area contributed by atoms with E-state index in [4.69, 9.17) is 0 Å². The number of piperidine rings is 1. The lowest BCUT2D eigenvalue weighted by molar-refractivity contribution is 0.0566. The zero-order valence-electron chi connectivity index (χ0n) is 16.7. The molecule has 1 aliphatic rings. The van der Waals surface area contributed by atoms with Gasteiger partial charge in [-0.05, 0) is 36.1 Å². The molecule has 4 heterocycles. The van der Waals surface area contributed by atoms with E-state index in [0.29, 0.717) is 10.2 Å². The number of alkyl halides is 2. The van der Waals surface area contributed by atoms with Gasteiger partial charge in [-0.15, -0.1) is 0 Å². The van der Waals surface area contributed by atoms with Crippen LogP contribution in [0.15, 0.2) is 61.2 Å². The third kappa shape index (κ3) is 3.52. The van der Waals surface area contributed by atoms with Crippen molar-refractivity contribution in [1.82, 2.24) is 19.4 Å². The molecule has 0 spiro atoms. The number of hydrogen-bond donors (Lipinski definition) is 0. The van der Waals surface area contributed by atoms with Crippen molar-refractivity contribution in [2.24, 2.45) is 5.92 Å². The average molecular weight is 418 g/mol. The number of benzene rings is 1. The third-order valence-corrected chi connectivity index (χ3v) is 5.87. The number of rotatable bonds is 4. The summed E-state index contributed by atoms with van der Waals surface area (Å²) < 4.78 is 28.1. The van der Waals surface area contributed by atoms with Crippen LogP contribution in [0.1, 0.15) is 19.4 Å². The molecule has 1 fully saturated rings. The maximum absolute atomic E-state index is 12.8. The Morgan fingerprint density at radius 2 is 1.71 bits per heavy atom. The minimum atomic E-state index is -2.65. The second-order valence-corrected chi connectivity index (χ2v) is 7.70. The van der Waals surface area contributed by atoms with E-state index in [0.717, 1.165) is 53.8 Å². The number of anilines is 1. The maximum atomic E-state index is 12.8. The Morgan fingerprint density at radius 3 is 2.39 bits per heavy atom. The zero-order chi connectivity index (χ0) is 21.4. The van der Waals surface area contributed by atoms with Crippen molar-refractivity contribution in [1.29, 1.82) is 5.26 Å².